The highest BCUT2D eigenvalue weighted by molar-refractivity contribution is 5.93. The van der Waals surface area contributed by atoms with Crippen molar-refractivity contribution < 1.29 is 4.79 Å². The zero-order chi connectivity index (χ0) is 17.6. The summed E-state index contributed by atoms with van der Waals surface area (Å²) in [5.74, 6) is 0.664. The SMILES string of the molecule is CC(C)(C)n1nc(C2CC2)cc1C(=O)N1CCCC1Cn1cccn1. The van der Waals surface area contributed by atoms with Crippen LogP contribution in [0, 0.1) is 0 Å². The summed E-state index contributed by atoms with van der Waals surface area (Å²) in [5.41, 5.74) is 1.62. The lowest BCUT2D eigenvalue weighted by Gasteiger charge is -2.27. The van der Waals surface area contributed by atoms with E-state index in [2.05, 4.69) is 25.9 Å². The molecule has 0 radical (unpaired) electrons. The molecule has 6 heteroatoms. The quantitative estimate of drug-likeness (QED) is 0.859. The molecule has 0 spiro atoms. The van der Waals surface area contributed by atoms with Gasteiger partial charge in [0.05, 0.1) is 23.8 Å². The standard InChI is InChI=1S/C19H27N5O/c1-19(2,3)24-17(12-16(21-24)14-7-8-14)18(25)23-11-4-6-15(23)13-22-10-5-9-20-22/h5,9-10,12,14-15H,4,6-8,11,13H2,1-3H3. The number of amides is 1. The Morgan fingerprint density at radius 3 is 2.72 bits per heavy atom. The van der Waals surface area contributed by atoms with Gasteiger partial charge < -0.3 is 4.90 Å². The van der Waals surface area contributed by atoms with Crippen LogP contribution in [0.1, 0.15) is 68.6 Å². The number of hydrogen-bond acceptors (Lipinski definition) is 3. The van der Waals surface area contributed by atoms with E-state index in [1.54, 1.807) is 6.20 Å². The molecule has 1 amide bonds. The first-order valence-corrected chi connectivity index (χ1v) is 9.32. The third-order valence-corrected chi connectivity index (χ3v) is 5.17. The smallest absolute Gasteiger partial charge is 0.272 e. The van der Waals surface area contributed by atoms with Gasteiger partial charge in [0.15, 0.2) is 0 Å². The van der Waals surface area contributed by atoms with Crippen LogP contribution in [0.25, 0.3) is 0 Å². The Morgan fingerprint density at radius 2 is 2.08 bits per heavy atom. The number of hydrogen-bond donors (Lipinski definition) is 0. The third-order valence-electron chi connectivity index (χ3n) is 5.17. The van der Waals surface area contributed by atoms with Crippen molar-refractivity contribution in [2.75, 3.05) is 6.54 Å². The Hall–Kier alpha value is -2.11. The Kier molecular flexibility index (Phi) is 3.93. The van der Waals surface area contributed by atoms with Gasteiger partial charge in [-0.3, -0.25) is 14.2 Å². The van der Waals surface area contributed by atoms with E-state index in [0.717, 1.165) is 37.3 Å². The number of carbonyl (C=O) groups excluding carboxylic acids is 1. The van der Waals surface area contributed by atoms with Crippen molar-refractivity contribution >= 4 is 5.91 Å². The van der Waals surface area contributed by atoms with Gasteiger partial charge in [-0.05, 0) is 58.6 Å². The zero-order valence-corrected chi connectivity index (χ0v) is 15.4. The average Bonchev–Trinajstić information content (AvgIpc) is 3.00. The number of likely N-dealkylation sites (tertiary alicyclic amines) is 1. The van der Waals surface area contributed by atoms with Crippen molar-refractivity contribution in [1.82, 2.24) is 24.5 Å². The van der Waals surface area contributed by atoms with Crippen molar-refractivity contribution in [2.24, 2.45) is 0 Å². The Bertz CT molecular complexity index is 751. The normalized spacial score (nSPS) is 21.1. The fourth-order valence-corrected chi connectivity index (χ4v) is 3.71. The van der Waals surface area contributed by atoms with Crippen molar-refractivity contribution in [3.63, 3.8) is 0 Å². The van der Waals surface area contributed by atoms with E-state index in [-0.39, 0.29) is 17.5 Å². The monoisotopic (exact) mass is 341 g/mol. The number of carbonyl (C=O) groups is 1. The van der Waals surface area contributed by atoms with E-state index in [9.17, 15) is 4.79 Å². The van der Waals surface area contributed by atoms with Crippen LogP contribution in [0.15, 0.2) is 24.5 Å². The molecule has 0 aromatic carbocycles. The van der Waals surface area contributed by atoms with Gasteiger partial charge in [0, 0.05) is 24.9 Å². The lowest BCUT2D eigenvalue weighted by molar-refractivity contribution is 0.0701. The zero-order valence-electron chi connectivity index (χ0n) is 15.4. The highest BCUT2D eigenvalue weighted by atomic mass is 16.2. The van der Waals surface area contributed by atoms with Gasteiger partial charge in [0.25, 0.3) is 5.91 Å². The molecule has 1 saturated heterocycles. The molecule has 2 fully saturated rings. The second-order valence-corrected chi connectivity index (χ2v) is 8.33. The van der Waals surface area contributed by atoms with Crippen molar-refractivity contribution in [2.45, 2.75) is 70.5 Å². The number of nitrogens with zero attached hydrogens (tertiary/aromatic N) is 5. The fraction of sp³-hybridized carbons (Fsp3) is 0.632. The Morgan fingerprint density at radius 1 is 1.28 bits per heavy atom. The molecule has 2 aromatic heterocycles. The molecule has 1 unspecified atom stereocenters. The highest BCUT2D eigenvalue weighted by Gasteiger charge is 2.36. The van der Waals surface area contributed by atoms with Crippen LogP contribution in [0.3, 0.4) is 0 Å². The molecule has 1 aliphatic heterocycles. The largest absolute Gasteiger partial charge is 0.332 e. The van der Waals surface area contributed by atoms with E-state index in [4.69, 9.17) is 5.10 Å². The second-order valence-electron chi connectivity index (χ2n) is 8.33. The Labute approximate surface area is 148 Å². The summed E-state index contributed by atoms with van der Waals surface area (Å²) >= 11 is 0. The molecule has 0 bridgehead atoms. The predicted molar refractivity (Wildman–Crippen MR) is 95.5 cm³/mol. The summed E-state index contributed by atoms with van der Waals surface area (Å²) in [6.07, 6.45) is 8.23. The van der Waals surface area contributed by atoms with E-state index < -0.39 is 0 Å². The maximum atomic E-state index is 13.3. The first kappa shape index (κ1) is 16.4. The molecular weight excluding hydrogens is 314 g/mol. The number of rotatable bonds is 4. The first-order valence-electron chi connectivity index (χ1n) is 9.32. The van der Waals surface area contributed by atoms with Crippen molar-refractivity contribution in [3.8, 4) is 0 Å². The van der Waals surface area contributed by atoms with Gasteiger partial charge in [-0.2, -0.15) is 10.2 Å². The minimum absolute atomic E-state index is 0.115. The molecule has 134 valence electrons. The van der Waals surface area contributed by atoms with Gasteiger partial charge in [-0.15, -0.1) is 0 Å². The lowest BCUT2D eigenvalue weighted by Crippen LogP contribution is -2.40. The maximum absolute atomic E-state index is 13.3. The molecule has 0 N–H and O–H groups in total. The van der Waals surface area contributed by atoms with Crippen LogP contribution in [0.4, 0.5) is 0 Å². The fourth-order valence-electron chi connectivity index (χ4n) is 3.71. The van der Waals surface area contributed by atoms with Crippen LogP contribution in [0.5, 0.6) is 0 Å². The van der Waals surface area contributed by atoms with Gasteiger partial charge in [0.1, 0.15) is 5.69 Å². The van der Waals surface area contributed by atoms with Crippen LogP contribution in [-0.4, -0.2) is 43.0 Å². The van der Waals surface area contributed by atoms with Crippen molar-refractivity contribution in [3.05, 3.63) is 35.9 Å². The summed E-state index contributed by atoms with van der Waals surface area (Å²) in [4.78, 5) is 15.4. The summed E-state index contributed by atoms with van der Waals surface area (Å²) in [6.45, 7) is 7.91. The van der Waals surface area contributed by atoms with E-state index >= 15 is 0 Å². The maximum Gasteiger partial charge on any atom is 0.272 e. The lowest BCUT2D eigenvalue weighted by atomic mass is 10.1. The van der Waals surface area contributed by atoms with Crippen LogP contribution >= 0.6 is 0 Å². The third kappa shape index (κ3) is 3.22. The summed E-state index contributed by atoms with van der Waals surface area (Å²) in [5, 5.41) is 9.09. The van der Waals surface area contributed by atoms with Crippen molar-refractivity contribution in [1.29, 1.82) is 0 Å². The summed E-state index contributed by atoms with van der Waals surface area (Å²) in [6, 6.07) is 4.17. The van der Waals surface area contributed by atoms with Gasteiger partial charge in [0.2, 0.25) is 0 Å². The van der Waals surface area contributed by atoms with E-state index in [1.807, 2.05) is 32.6 Å². The van der Waals surface area contributed by atoms with Crippen LogP contribution in [0.2, 0.25) is 0 Å². The summed E-state index contributed by atoms with van der Waals surface area (Å²) in [7, 11) is 0. The minimum Gasteiger partial charge on any atom is -0.332 e. The molecule has 4 rings (SSSR count). The molecule has 1 aliphatic carbocycles. The minimum atomic E-state index is -0.199. The van der Waals surface area contributed by atoms with Crippen LogP contribution < -0.4 is 0 Å². The van der Waals surface area contributed by atoms with Gasteiger partial charge >= 0.3 is 0 Å². The topological polar surface area (TPSA) is 56.0 Å². The van der Waals surface area contributed by atoms with E-state index in [0.29, 0.717) is 5.92 Å². The summed E-state index contributed by atoms with van der Waals surface area (Å²) < 4.78 is 3.86. The highest BCUT2D eigenvalue weighted by Crippen LogP contribution is 2.40. The molecule has 2 aliphatic rings. The van der Waals surface area contributed by atoms with Crippen LogP contribution in [-0.2, 0) is 12.1 Å². The van der Waals surface area contributed by atoms with Gasteiger partial charge in [-0.1, -0.05) is 0 Å². The average molecular weight is 341 g/mol. The molecule has 1 atom stereocenters. The molecule has 6 nitrogen and oxygen atoms in total. The molecule has 1 saturated carbocycles. The predicted octanol–water partition coefficient (Wildman–Crippen LogP) is 3.02. The molecule has 2 aromatic rings. The van der Waals surface area contributed by atoms with E-state index in [1.165, 1.54) is 12.8 Å². The second kappa shape index (κ2) is 6.00. The van der Waals surface area contributed by atoms with Gasteiger partial charge in [-0.25, -0.2) is 0 Å². The number of aromatic nitrogens is 4. The molecule has 25 heavy (non-hydrogen) atoms. The Balaban J connectivity index is 1.61. The molecule has 3 heterocycles. The first-order chi connectivity index (χ1) is 11.9. The molecular formula is C19H27N5O.